The topological polar surface area (TPSA) is 21.1 Å². The molecule has 0 radical (unpaired) electrons. The van der Waals surface area contributed by atoms with E-state index in [1.165, 1.54) is 24.2 Å². The number of hydrogen-bond donors (Lipinski definition) is 0. The van der Waals surface area contributed by atoms with E-state index >= 15 is 0 Å². The third-order valence-corrected chi connectivity index (χ3v) is 3.75. The van der Waals surface area contributed by atoms with Crippen LogP contribution in [0.25, 0.3) is 0 Å². The standard InChI is InChI=1S/C14H26ClN3/c1-5-12-10-14(17(4)16-12)11-18(9-8-15)13(6-2)7-3/h10,13H,5-9,11H2,1-4H3. The second kappa shape index (κ2) is 7.80. The van der Waals surface area contributed by atoms with Gasteiger partial charge in [0, 0.05) is 32.1 Å². The third kappa shape index (κ3) is 3.99. The second-order valence-corrected chi connectivity index (χ2v) is 5.11. The van der Waals surface area contributed by atoms with Crippen LogP contribution in [0.5, 0.6) is 0 Å². The monoisotopic (exact) mass is 271 g/mol. The molecule has 0 N–H and O–H groups in total. The van der Waals surface area contributed by atoms with Gasteiger partial charge in [-0.2, -0.15) is 5.10 Å². The van der Waals surface area contributed by atoms with Crippen LogP contribution < -0.4 is 0 Å². The predicted octanol–water partition coefficient (Wildman–Crippen LogP) is 3.21. The van der Waals surface area contributed by atoms with Crippen LogP contribution in [0.2, 0.25) is 0 Å². The van der Waals surface area contributed by atoms with Gasteiger partial charge in [-0.25, -0.2) is 0 Å². The molecule has 104 valence electrons. The van der Waals surface area contributed by atoms with Crippen molar-refractivity contribution in [1.82, 2.24) is 14.7 Å². The van der Waals surface area contributed by atoms with E-state index in [4.69, 9.17) is 11.6 Å². The van der Waals surface area contributed by atoms with E-state index in [9.17, 15) is 0 Å². The van der Waals surface area contributed by atoms with E-state index in [0.29, 0.717) is 11.9 Å². The first-order chi connectivity index (χ1) is 8.65. The largest absolute Gasteiger partial charge is 0.293 e. The van der Waals surface area contributed by atoms with Crippen LogP contribution in [0.15, 0.2) is 6.07 Å². The maximum absolute atomic E-state index is 5.93. The highest BCUT2D eigenvalue weighted by Crippen LogP contribution is 2.14. The number of halogens is 1. The van der Waals surface area contributed by atoms with Crippen molar-refractivity contribution in [3.8, 4) is 0 Å². The molecule has 4 heteroatoms. The summed E-state index contributed by atoms with van der Waals surface area (Å²) in [5.74, 6) is 0.689. The molecule has 1 aromatic rings. The minimum atomic E-state index is 0.615. The zero-order valence-corrected chi connectivity index (χ0v) is 12.9. The summed E-state index contributed by atoms with van der Waals surface area (Å²) in [6.45, 7) is 8.53. The van der Waals surface area contributed by atoms with Crippen molar-refractivity contribution in [3.63, 3.8) is 0 Å². The molecule has 0 aliphatic rings. The quantitative estimate of drug-likeness (QED) is 0.677. The van der Waals surface area contributed by atoms with E-state index in [-0.39, 0.29) is 0 Å². The van der Waals surface area contributed by atoms with Gasteiger partial charge >= 0.3 is 0 Å². The molecule has 0 amide bonds. The lowest BCUT2D eigenvalue weighted by Crippen LogP contribution is -2.36. The SMILES string of the molecule is CCc1cc(CN(CCCl)C(CC)CC)n(C)n1. The smallest absolute Gasteiger partial charge is 0.0625 e. The van der Waals surface area contributed by atoms with Gasteiger partial charge in [-0.15, -0.1) is 11.6 Å². The zero-order chi connectivity index (χ0) is 13.5. The normalized spacial score (nSPS) is 11.7. The molecule has 1 aromatic heterocycles. The van der Waals surface area contributed by atoms with Gasteiger partial charge in [0.05, 0.1) is 11.4 Å². The lowest BCUT2D eigenvalue weighted by atomic mass is 10.1. The van der Waals surface area contributed by atoms with Gasteiger partial charge in [0.2, 0.25) is 0 Å². The summed E-state index contributed by atoms with van der Waals surface area (Å²) in [4.78, 5) is 2.48. The van der Waals surface area contributed by atoms with Crippen LogP contribution in [0, 0.1) is 0 Å². The molecule has 0 atom stereocenters. The Balaban J connectivity index is 2.78. The Kier molecular flexibility index (Phi) is 6.72. The van der Waals surface area contributed by atoms with Crippen LogP contribution in [0.1, 0.15) is 45.0 Å². The van der Waals surface area contributed by atoms with Gasteiger partial charge < -0.3 is 0 Å². The zero-order valence-electron chi connectivity index (χ0n) is 12.1. The maximum atomic E-state index is 5.93. The fraction of sp³-hybridized carbons (Fsp3) is 0.786. The highest BCUT2D eigenvalue weighted by molar-refractivity contribution is 6.18. The van der Waals surface area contributed by atoms with E-state index < -0.39 is 0 Å². The summed E-state index contributed by atoms with van der Waals surface area (Å²) < 4.78 is 2.00. The molecule has 0 unspecified atom stereocenters. The molecule has 0 aliphatic heterocycles. The Labute approximate surface area is 116 Å². The number of aromatic nitrogens is 2. The van der Waals surface area contributed by atoms with Gasteiger partial charge in [-0.05, 0) is 25.3 Å². The number of rotatable bonds is 8. The summed E-state index contributed by atoms with van der Waals surface area (Å²) in [5.41, 5.74) is 2.45. The molecule has 3 nitrogen and oxygen atoms in total. The van der Waals surface area contributed by atoms with Crippen LogP contribution in [0.4, 0.5) is 0 Å². The van der Waals surface area contributed by atoms with Gasteiger partial charge in [0.1, 0.15) is 0 Å². The Morgan fingerprint density at radius 3 is 2.44 bits per heavy atom. The Hall–Kier alpha value is -0.540. The number of alkyl halides is 1. The average molecular weight is 272 g/mol. The first kappa shape index (κ1) is 15.5. The first-order valence-corrected chi connectivity index (χ1v) is 7.51. The lowest BCUT2D eigenvalue weighted by Gasteiger charge is -2.29. The van der Waals surface area contributed by atoms with E-state index in [2.05, 4.69) is 36.8 Å². The van der Waals surface area contributed by atoms with Crippen molar-refractivity contribution in [2.24, 2.45) is 7.05 Å². The average Bonchev–Trinajstić information content (AvgIpc) is 2.72. The van der Waals surface area contributed by atoms with Crippen LogP contribution in [-0.4, -0.2) is 33.1 Å². The van der Waals surface area contributed by atoms with Crippen molar-refractivity contribution < 1.29 is 0 Å². The van der Waals surface area contributed by atoms with Gasteiger partial charge in [-0.3, -0.25) is 9.58 Å². The van der Waals surface area contributed by atoms with Crippen molar-refractivity contribution in [3.05, 3.63) is 17.5 Å². The molecular formula is C14H26ClN3. The van der Waals surface area contributed by atoms with Crippen LogP contribution in [-0.2, 0) is 20.0 Å². The van der Waals surface area contributed by atoms with Gasteiger partial charge in [0.15, 0.2) is 0 Å². The Morgan fingerprint density at radius 2 is 2.00 bits per heavy atom. The van der Waals surface area contributed by atoms with Crippen molar-refractivity contribution in [2.45, 2.75) is 52.6 Å². The second-order valence-electron chi connectivity index (χ2n) is 4.73. The van der Waals surface area contributed by atoms with E-state index in [0.717, 1.165) is 19.5 Å². The molecule has 0 spiro atoms. The van der Waals surface area contributed by atoms with Crippen molar-refractivity contribution in [2.75, 3.05) is 12.4 Å². The van der Waals surface area contributed by atoms with Crippen LogP contribution in [0.3, 0.4) is 0 Å². The summed E-state index contributed by atoms with van der Waals surface area (Å²) in [6, 6.07) is 2.83. The molecular weight excluding hydrogens is 246 g/mol. The van der Waals surface area contributed by atoms with Crippen molar-refractivity contribution in [1.29, 1.82) is 0 Å². The number of nitrogens with zero attached hydrogens (tertiary/aromatic N) is 3. The maximum Gasteiger partial charge on any atom is 0.0625 e. The minimum absolute atomic E-state index is 0.615. The minimum Gasteiger partial charge on any atom is -0.293 e. The summed E-state index contributed by atoms with van der Waals surface area (Å²) >= 11 is 5.93. The van der Waals surface area contributed by atoms with E-state index in [1.54, 1.807) is 0 Å². The summed E-state index contributed by atoms with van der Waals surface area (Å²) in [7, 11) is 2.03. The molecule has 1 heterocycles. The summed E-state index contributed by atoms with van der Waals surface area (Å²) in [6.07, 6.45) is 3.34. The third-order valence-electron chi connectivity index (χ3n) is 3.59. The Bertz CT molecular complexity index is 345. The number of hydrogen-bond acceptors (Lipinski definition) is 2. The molecule has 0 saturated carbocycles. The molecule has 0 aromatic carbocycles. The van der Waals surface area contributed by atoms with Crippen molar-refractivity contribution >= 4 is 11.6 Å². The van der Waals surface area contributed by atoms with E-state index in [1.807, 2.05) is 11.7 Å². The highest BCUT2D eigenvalue weighted by atomic mass is 35.5. The molecule has 0 fully saturated rings. The fourth-order valence-corrected chi connectivity index (χ4v) is 2.62. The molecule has 1 rings (SSSR count). The lowest BCUT2D eigenvalue weighted by molar-refractivity contribution is 0.183. The predicted molar refractivity (Wildman–Crippen MR) is 78.1 cm³/mol. The fourth-order valence-electron chi connectivity index (χ4n) is 2.40. The first-order valence-electron chi connectivity index (χ1n) is 6.97. The van der Waals surface area contributed by atoms with Crippen LogP contribution >= 0.6 is 11.6 Å². The molecule has 18 heavy (non-hydrogen) atoms. The Morgan fingerprint density at radius 1 is 1.33 bits per heavy atom. The number of aryl methyl sites for hydroxylation is 2. The summed E-state index contributed by atoms with van der Waals surface area (Å²) in [5, 5.41) is 4.51. The van der Waals surface area contributed by atoms with Gasteiger partial charge in [0.25, 0.3) is 0 Å². The molecule has 0 aliphatic carbocycles. The molecule has 0 saturated heterocycles. The van der Waals surface area contributed by atoms with Gasteiger partial charge in [-0.1, -0.05) is 20.8 Å². The molecule has 0 bridgehead atoms. The highest BCUT2D eigenvalue weighted by Gasteiger charge is 2.16.